The third kappa shape index (κ3) is 2.16. The molecule has 2 aromatic rings. The Morgan fingerprint density at radius 2 is 1.58 bits per heavy atom. The summed E-state index contributed by atoms with van der Waals surface area (Å²) in [5.74, 6) is -2.18. The summed E-state index contributed by atoms with van der Waals surface area (Å²) in [6.45, 7) is 0. The lowest BCUT2D eigenvalue weighted by Crippen LogP contribution is -2.15. The Labute approximate surface area is 109 Å². The molecule has 0 spiro atoms. The predicted molar refractivity (Wildman–Crippen MR) is 68.0 cm³/mol. The molecule has 0 radical (unpaired) electrons. The van der Waals surface area contributed by atoms with Crippen LogP contribution in [0.2, 0.25) is 0 Å². The lowest BCUT2D eigenvalue weighted by molar-refractivity contribution is 0.0924. The van der Waals surface area contributed by atoms with E-state index in [-0.39, 0.29) is 17.3 Å². The maximum absolute atomic E-state index is 13.2. The van der Waals surface area contributed by atoms with Gasteiger partial charge in [-0.25, -0.2) is 8.78 Å². The van der Waals surface area contributed by atoms with Gasteiger partial charge in [0.25, 0.3) is 0 Å². The summed E-state index contributed by atoms with van der Waals surface area (Å²) in [6, 6.07) is 11.3. The number of Topliss-reactive ketones (excluding diaryl/α,β-unsaturated/α-hetero) is 1. The second-order valence-electron chi connectivity index (χ2n) is 4.87. The van der Waals surface area contributed by atoms with Crippen molar-refractivity contribution in [3.63, 3.8) is 0 Å². The van der Waals surface area contributed by atoms with Crippen LogP contribution in [-0.2, 0) is 12.8 Å². The topological polar surface area (TPSA) is 17.1 Å². The fraction of sp³-hybridized carbons (Fsp3) is 0.188. The largest absolute Gasteiger partial charge is 0.294 e. The lowest BCUT2D eigenvalue weighted by Gasteiger charge is -2.08. The van der Waals surface area contributed by atoms with Gasteiger partial charge in [0.15, 0.2) is 17.4 Å². The minimum Gasteiger partial charge on any atom is -0.294 e. The van der Waals surface area contributed by atoms with Crippen LogP contribution in [0.5, 0.6) is 0 Å². The average molecular weight is 258 g/mol. The summed E-state index contributed by atoms with van der Waals surface area (Å²) in [4.78, 5) is 12.3. The van der Waals surface area contributed by atoms with E-state index >= 15 is 0 Å². The van der Waals surface area contributed by atoms with Crippen LogP contribution < -0.4 is 0 Å². The van der Waals surface area contributed by atoms with Crippen molar-refractivity contribution in [3.05, 3.63) is 70.8 Å². The lowest BCUT2D eigenvalue weighted by atomic mass is 9.95. The Hall–Kier alpha value is -2.03. The number of rotatable bonds is 2. The number of benzene rings is 2. The molecule has 1 nitrogen and oxygen atoms in total. The van der Waals surface area contributed by atoms with Gasteiger partial charge in [-0.2, -0.15) is 0 Å². The molecule has 0 amide bonds. The zero-order chi connectivity index (χ0) is 13.4. The van der Waals surface area contributed by atoms with E-state index in [0.29, 0.717) is 12.8 Å². The van der Waals surface area contributed by atoms with E-state index in [1.165, 1.54) is 17.2 Å². The minimum atomic E-state index is -0.971. The van der Waals surface area contributed by atoms with Gasteiger partial charge in [0.05, 0.1) is 0 Å². The predicted octanol–water partition coefficient (Wildman–Crippen LogP) is 3.56. The Morgan fingerprint density at radius 1 is 0.947 bits per heavy atom. The van der Waals surface area contributed by atoms with Crippen molar-refractivity contribution in [1.82, 2.24) is 0 Å². The second kappa shape index (κ2) is 4.57. The number of ketones is 1. The quantitative estimate of drug-likeness (QED) is 0.753. The number of fused-ring (bicyclic) bond motifs is 1. The Bertz CT molecular complexity index is 624. The molecule has 0 saturated heterocycles. The molecule has 0 aromatic heterocycles. The van der Waals surface area contributed by atoms with E-state index in [9.17, 15) is 13.6 Å². The van der Waals surface area contributed by atoms with Crippen molar-refractivity contribution in [2.75, 3.05) is 0 Å². The number of hydrogen-bond acceptors (Lipinski definition) is 1. The maximum Gasteiger partial charge on any atom is 0.166 e. The normalized spacial score (nSPS) is 14.4. The first-order chi connectivity index (χ1) is 9.15. The zero-order valence-electron chi connectivity index (χ0n) is 10.2. The van der Waals surface area contributed by atoms with Gasteiger partial charge >= 0.3 is 0 Å². The Kier molecular flexibility index (Phi) is 2.90. The standard InChI is InChI=1S/C16H12F2O/c17-14-6-5-12(9-15(14)18)16(19)13-7-10-3-1-2-4-11(10)8-13/h1-6,9,13H,7-8H2. The summed E-state index contributed by atoms with van der Waals surface area (Å²) in [5, 5.41) is 0. The molecule has 0 atom stereocenters. The molecule has 0 unspecified atom stereocenters. The van der Waals surface area contributed by atoms with Gasteiger partial charge in [-0.05, 0) is 42.2 Å². The van der Waals surface area contributed by atoms with Crippen molar-refractivity contribution in [1.29, 1.82) is 0 Å². The van der Waals surface area contributed by atoms with Crippen LogP contribution in [-0.4, -0.2) is 5.78 Å². The first-order valence-electron chi connectivity index (χ1n) is 6.21. The van der Waals surface area contributed by atoms with E-state index in [0.717, 1.165) is 12.1 Å². The van der Waals surface area contributed by atoms with Crippen LogP contribution in [0.4, 0.5) is 8.78 Å². The Balaban J connectivity index is 1.85. The number of hydrogen-bond donors (Lipinski definition) is 0. The Morgan fingerprint density at radius 3 is 2.16 bits per heavy atom. The summed E-state index contributed by atoms with van der Waals surface area (Å²) in [5.41, 5.74) is 2.59. The molecule has 19 heavy (non-hydrogen) atoms. The molecule has 0 N–H and O–H groups in total. The summed E-state index contributed by atoms with van der Waals surface area (Å²) in [7, 11) is 0. The van der Waals surface area contributed by atoms with Gasteiger partial charge in [0.1, 0.15) is 0 Å². The molecule has 2 aromatic carbocycles. The molecule has 0 heterocycles. The minimum absolute atomic E-state index is 0.116. The maximum atomic E-state index is 13.2. The fourth-order valence-electron chi connectivity index (χ4n) is 2.63. The molecule has 0 saturated carbocycles. The van der Waals surface area contributed by atoms with Crippen LogP contribution in [0, 0.1) is 17.6 Å². The number of halogens is 2. The van der Waals surface area contributed by atoms with Crippen molar-refractivity contribution in [2.24, 2.45) is 5.92 Å². The van der Waals surface area contributed by atoms with Gasteiger partial charge in [0.2, 0.25) is 0 Å². The highest BCUT2D eigenvalue weighted by atomic mass is 19.2. The second-order valence-corrected chi connectivity index (χ2v) is 4.87. The van der Waals surface area contributed by atoms with Gasteiger partial charge in [0, 0.05) is 11.5 Å². The highest BCUT2D eigenvalue weighted by Gasteiger charge is 2.28. The SMILES string of the molecule is O=C(c1ccc(F)c(F)c1)C1Cc2ccccc2C1. The summed E-state index contributed by atoms with van der Waals surface area (Å²) in [6.07, 6.45) is 1.35. The smallest absolute Gasteiger partial charge is 0.166 e. The van der Waals surface area contributed by atoms with Crippen LogP contribution >= 0.6 is 0 Å². The van der Waals surface area contributed by atoms with Crippen molar-refractivity contribution in [3.8, 4) is 0 Å². The van der Waals surface area contributed by atoms with E-state index in [2.05, 4.69) is 0 Å². The van der Waals surface area contributed by atoms with E-state index in [1.54, 1.807) is 0 Å². The zero-order valence-corrected chi connectivity index (χ0v) is 10.2. The van der Waals surface area contributed by atoms with Crippen LogP contribution in [0.15, 0.2) is 42.5 Å². The van der Waals surface area contributed by atoms with Gasteiger partial charge in [-0.15, -0.1) is 0 Å². The van der Waals surface area contributed by atoms with Gasteiger partial charge < -0.3 is 0 Å². The average Bonchev–Trinajstić information content (AvgIpc) is 2.85. The molecule has 0 fully saturated rings. The highest BCUT2D eigenvalue weighted by Crippen LogP contribution is 2.29. The molecule has 3 rings (SSSR count). The third-order valence-electron chi connectivity index (χ3n) is 3.63. The van der Waals surface area contributed by atoms with Crippen LogP contribution in [0.25, 0.3) is 0 Å². The van der Waals surface area contributed by atoms with Gasteiger partial charge in [-0.1, -0.05) is 24.3 Å². The van der Waals surface area contributed by atoms with Crippen LogP contribution in [0.1, 0.15) is 21.5 Å². The van der Waals surface area contributed by atoms with Crippen molar-refractivity contribution < 1.29 is 13.6 Å². The molecule has 1 aliphatic rings. The summed E-state index contributed by atoms with van der Waals surface area (Å²) < 4.78 is 26.0. The van der Waals surface area contributed by atoms with Crippen molar-refractivity contribution >= 4 is 5.78 Å². The van der Waals surface area contributed by atoms with E-state index < -0.39 is 11.6 Å². The first kappa shape index (κ1) is 12.0. The van der Waals surface area contributed by atoms with E-state index in [1.807, 2.05) is 24.3 Å². The molecular formula is C16H12F2O. The van der Waals surface area contributed by atoms with Crippen LogP contribution in [0.3, 0.4) is 0 Å². The highest BCUT2D eigenvalue weighted by molar-refractivity contribution is 5.98. The monoisotopic (exact) mass is 258 g/mol. The first-order valence-corrected chi connectivity index (χ1v) is 6.21. The van der Waals surface area contributed by atoms with Gasteiger partial charge in [-0.3, -0.25) is 4.79 Å². The molecule has 96 valence electrons. The number of carbonyl (C=O) groups excluding carboxylic acids is 1. The summed E-state index contributed by atoms with van der Waals surface area (Å²) >= 11 is 0. The molecule has 3 heteroatoms. The number of carbonyl (C=O) groups is 1. The molecular weight excluding hydrogens is 246 g/mol. The molecule has 1 aliphatic carbocycles. The van der Waals surface area contributed by atoms with E-state index in [4.69, 9.17) is 0 Å². The van der Waals surface area contributed by atoms with Crippen molar-refractivity contribution in [2.45, 2.75) is 12.8 Å². The molecule has 0 bridgehead atoms. The third-order valence-corrected chi connectivity index (χ3v) is 3.63. The fourth-order valence-corrected chi connectivity index (χ4v) is 2.63. The molecule has 0 aliphatic heterocycles.